The molecule has 0 bridgehead atoms. The van der Waals surface area contributed by atoms with E-state index in [4.69, 9.17) is 0 Å². The van der Waals surface area contributed by atoms with Crippen molar-refractivity contribution in [3.05, 3.63) is 69.8 Å². The van der Waals surface area contributed by atoms with Gasteiger partial charge in [-0.25, -0.2) is 0 Å². The van der Waals surface area contributed by atoms with Gasteiger partial charge in [0.05, 0.1) is 11.0 Å². The minimum absolute atomic E-state index is 0.00724. The number of hydrogen-bond acceptors (Lipinski definition) is 4. The fourth-order valence-electron chi connectivity index (χ4n) is 5.77. The zero-order valence-corrected chi connectivity index (χ0v) is 24.2. The van der Waals surface area contributed by atoms with Crippen LogP contribution in [0.2, 0.25) is 0 Å². The number of nitrogens with zero attached hydrogens (tertiary/aromatic N) is 2. The summed E-state index contributed by atoms with van der Waals surface area (Å²) in [5.74, 6) is 0.0664. The van der Waals surface area contributed by atoms with Crippen LogP contribution in [0.25, 0.3) is 6.08 Å². The molecule has 0 radical (unpaired) electrons. The van der Waals surface area contributed by atoms with E-state index < -0.39 is 4.92 Å². The van der Waals surface area contributed by atoms with E-state index in [0.29, 0.717) is 5.56 Å². The molecule has 0 amide bonds. The Kier molecular flexibility index (Phi) is 13.9. The van der Waals surface area contributed by atoms with Gasteiger partial charge in [0, 0.05) is 29.9 Å². The molecule has 0 fully saturated rings. The predicted molar refractivity (Wildman–Crippen MR) is 165 cm³/mol. The molecule has 1 aliphatic heterocycles. The van der Waals surface area contributed by atoms with Gasteiger partial charge in [-0.15, -0.1) is 0 Å². The molecule has 2 aromatic carbocycles. The van der Waals surface area contributed by atoms with Gasteiger partial charge in [-0.1, -0.05) is 134 Å². The first-order valence-corrected chi connectivity index (χ1v) is 15.6. The lowest BCUT2D eigenvalue weighted by atomic mass is 10.0. The van der Waals surface area contributed by atoms with Crippen LogP contribution in [0.5, 0.6) is 5.75 Å². The van der Waals surface area contributed by atoms with Crippen molar-refractivity contribution in [2.45, 2.75) is 122 Å². The van der Waals surface area contributed by atoms with Gasteiger partial charge < -0.3 is 10.0 Å². The van der Waals surface area contributed by atoms with E-state index >= 15 is 0 Å². The second kappa shape index (κ2) is 17.7. The quantitative estimate of drug-likeness (QED) is 0.104. The van der Waals surface area contributed by atoms with E-state index in [0.717, 1.165) is 13.0 Å². The maximum atomic E-state index is 11.1. The van der Waals surface area contributed by atoms with E-state index in [1.165, 1.54) is 132 Å². The molecule has 2 aromatic rings. The maximum Gasteiger partial charge on any atom is 0.270 e. The van der Waals surface area contributed by atoms with E-state index in [1.807, 2.05) is 6.08 Å². The molecule has 39 heavy (non-hydrogen) atoms. The number of unbranched alkanes of at least 4 members (excludes halogenated alkanes) is 15. The average Bonchev–Trinajstić information content (AvgIpc) is 3.29. The maximum absolute atomic E-state index is 11.1. The molecule has 0 saturated heterocycles. The number of phenols is 1. The second-order valence-corrected chi connectivity index (χ2v) is 11.3. The van der Waals surface area contributed by atoms with Crippen LogP contribution in [0.3, 0.4) is 0 Å². The Morgan fingerprint density at radius 1 is 0.846 bits per heavy atom. The van der Waals surface area contributed by atoms with Crippen molar-refractivity contribution < 1.29 is 10.0 Å². The third kappa shape index (κ3) is 10.7. The Morgan fingerprint density at radius 2 is 1.41 bits per heavy atom. The average molecular weight is 535 g/mol. The van der Waals surface area contributed by atoms with Crippen molar-refractivity contribution >= 4 is 17.5 Å². The molecule has 0 aliphatic carbocycles. The van der Waals surface area contributed by atoms with E-state index in [-0.39, 0.29) is 17.5 Å². The molecular weight excluding hydrogens is 484 g/mol. The number of benzene rings is 2. The number of hydrogen-bond donors (Lipinski definition) is 1. The lowest BCUT2D eigenvalue weighted by Crippen LogP contribution is -2.31. The minimum Gasteiger partial charge on any atom is -0.507 e. The Morgan fingerprint density at radius 3 is 2.00 bits per heavy atom. The molecule has 1 atom stereocenters. The predicted octanol–water partition coefficient (Wildman–Crippen LogP) is 10.0. The molecule has 0 aromatic heterocycles. The first kappa shape index (κ1) is 30.7. The second-order valence-electron chi connectivity index (χ2n) is 11.3. The number of nitro groups is 1. The zero-order valence-electron chi connectivity index (χ0n) is 24.2. The molecule has 0 saturated carbocycles. The highest BCUT2D eigenvalue weighted by atomic mass is 16.6. The van der Waals surface area contributed by atoms with Crippen LogP contribution in [0.1, 0.15) is 121 Å². The van der Waals surface area contributed by atoms with Crippen molar-refractivity contribution in [3.8, 4) is 5.75 Å². The first-order chi connectivity index (χ1) is 19.1. The fourth-order valence-corrected chi connectivity index (χ4v) is 5.77. The molecular formula is C34H50N2O3. The molecule has 1 aliphatic rings. The summed E-state index contributed by atoms with van der Waals surface area (Å²) in [6.07, 6.45) is 26.7. The van der Waals surface area contributed by atoms with Crippen LogP contribution in [0, 0.1) is 10.1 Å². The summed E-state index contributed by atoms with van der Waals surface area (Å²) >= 11 is 0. The Hall–Kier alpha value is -2.82. The van der Waals surface area contributed by atoms with E-state index in [9.17, 15) is 15.2 Å². The van der Waals surface area contributed by atoms with Crippen LogP contribution in [-0.4, -0.2) is 22.6 Å². The number of non-ortho nitro benzene ring substituents is 1. The lowest BCUT2D eigenvalue weighted by Gasteiger charge is -2.25. The van der Waals surface area contributed by atoms with Gasteiger partial charge >= 0.3 is 0 Å². The molecule has 5 heteroatoms. The van der Waals surface area contributed by atoms with Gasteiger partial charge in [0.25, 0.3) is 5.69 Å². The number of anilines is 1. The van der Waals surface area contributed by atoms with Crippen molar-refractivity contribution in [1.82, 2.24) is 0 Å². The highest BCUT2D eigenvalue weighted by molar-refractivity contribution is 5.65. The van der Waals surface area contributed by atoms with Gasteiger partial charge in [-0.05, 0) is 30.5 Å². The number of para-hydroxylation sites is 1. The van der Waals surface area contributed by atoms with Gasteiger partial charge in [0.1, 0.15) is 5.75 Å². The van der Waals surface area contributed by atoms with Gasteiger partial charge in [0.15, 0.2) is 0 Å². The van der Waals surface area contributed by atoms with Crippen molar-refractivity contribution in [2.24, 2.45) is 0 Å². The van der Waals surface area contributed by atoms with E-state index in [1.54, 1.807) is 0 Å². The highest BCUT2D eigenvalue weighted by Gasteiger charge is 2.26. The Balaban J connectivity index is 1.33. The SMILES string of the molecule is CCCCCCCCCCCCCCCCCCN1c2ccccc2CC1/C=C/c1cc([N+](=O)[O-])ccc1O. The topological polar surface area (TPSA) is 66.6 Å². The van der Waals surface area contributed by atoms with Crippen LogP contribution < -0.4 is 4.90 Å². The Labute approximate surface area is 236 Å². The number of fused-ring (bicyclic) bond motifs is 1. The molecule has 1 unspecified atom stereocenters. The van der Waals surface area contributed by atoms with Crippen LogP contribution in [0.4, 0.5) is 11.4 Å². The largest absolute Gasteiger partial charge is 0.507 e. The van der Waals surface area contributed by atoms with Gasteiger partial charge in [-0.2, -0.15) is 0 Å². The standard InChI is InChI=1S/C34H50N2O3/c1-2-3-4-5-6-7-8-9-10-11-12-13-14-15-16-19-26-35-31(27-29-20-17-18-21-33(29)35)23-22-30-28-32(36(38)39)24-25-34(30)37/h17-18,20-25,28,31,37H,2-16,19,26-27H2,1H3/b23-22+. The number of nitro benzene ring substituents is 1. The fraction of sp³-hybridized carbons (Fsp3) is 0.588. The first-order valence-electron chi connectivity index (χ1n) is 15.6. The van der Waals surface area contributed by atoms with Gasteiger partial charge in [0.2, 0.25) is 0 Å². The summed E-state index contributed by atoms with van der Waals surface area (Å²) in [7, 11) is 0. The van der Waals surface area contributed by atoms with Crippen LogP contribution in [0.15, 0.2) is 48.5 Å². The summed E-state index contributed by atoms with van der Waals surface area (Å²) in [5, 5.41) is 21.3. The summed E-state index contributed by atoms with van der Waals surface area (Å²) in [6.45, 7) is 3.29. The highest BCUT2D eigenvalue weighted by Crippen LogP contribution is 2.34. The molecule has 3 rings (SSSR count). The smallest absolute Gasteiger partial charge is 0.270 e. The monoisotopic (exact) mass is 534 g/mol. The minimum atomic E-state index is -0.425. The lowest BCUT2D eigenvalue weighted by molar-refractivity contribution is -0.384. The van der Waals surface area contributed by atoms with Crippen molar-refractivity contribution in [2.75, 3.05) is 11.4 Å². The summed E-state index contributed by atoms with van der Waals surface area (Å²) in [6, 6.07) is 12.9. The molecule has 1 N–H and O–H groups in total. The summed E-state index contributed by atoms with van der Waals surface area (Å²) in [4.78, 5) is 13.2. The number of phenolic OH excluding ortho intramolecular Hbond substituents is 1. The third-order valence-electron chi connectivity index (χ3n) is 8.10. The molecule has 1 heterocycles. The molecule has 214 valence electrons. The zero-order chi connectivity index (χ0) is 27.7. The molecule has 5 nitrogen and oxygen atoms in total. The molecule has 0 spiro atoms. The number of aromatic hydroxyl groups is 1. The van der Waals surface area contributed by atoms with Gasteiger partial charge in [-0.3, -0.25) is 10.1 Å². The van der Waals surface area contributed by atoms with E-state index in [2.05, 4.69) is 42.2 Å². The van der Waals surface area contributed by atoms with Crippen LogP contribution >= 0.6 is 0 Å². The summed E-state index contributed by atoms with van der Waals surface area (Å²) in [5.41, 5.74) is 3.11. The summed E-state index contributed by atoms with van der Waals surface area (Å²) < 4.78 is 0. The third-order valence-corrected chi connectivity index (χ3v) is 8.10. The van der Waals surface area contributed by atoms with Crippen molar-refractivity contribution in [3.63, 3.8) is 0 Å². The normalized spacial score (nSPS) is 14.8. The number of rotatable bonds is 20. The van der Waals surface area contributed by atoms with Crippen LogP contribution in [-0.2, 0) is 6.42 Å². The Bertz CT molecular complexity index is 1020. The van der Waals surface area contributed by atoms with Crippen molar-refractivity contribution in [1.29, 1.82) is 0 Å².